The van der Waals surface area contributed by atoms with Crippen LogP contribution >= 0.6 is 0 Å². The minimum atomic E-state index is 0.0648. The summed E-state index contributed by atoms with van der Waals surface area (Å²) in [5, 5.41) is 0. The molecule has 1 atom stereocenters. The van der Waals surface area contributed by atoms with Crippen molar-refractivity contribution in [1.82, 2.24) is 4.90 Å². The molecule has 0 aromatic carbocycles. The van der Waals surface area contributed by atoms with Gasteiger partial charge in [0.1, 0.15) is 0 Å². The van der Waals surface area contributed by atoms with Gasteiger partial charge in [0.2, 0.25) is 0 Å². The summed E-state index contributed by atoms with van der Waals surface area (Å²) in [7, 11) is 3.97. The molecule has 0 aliphatic carbocycles. The van der Waals surface area contributed by atoms with Crippen LogP contribution in [-0.4, -0.2) is 30.8 Å². The van der Waals surface area contributed by atoms with E-state index in [0.29, 0.717) is 5.78 Å². The number of ketones is 1. The number of rotatable bonds is 4. The Morgan fingerprint density at radius 1 is 1.21 bits per heavy atom. The number of nitrogens with zero attached hydrogens (tertiary/aromatic N) is 1. The molecule has 0 N–H and O–H groups in total. The van der Waals surface area contributed by atoms with Gasteiger partial charge < -0.3 is 0 Å². The topological polar surface area (TPSA) is 20.3 Å². The maximum absolute atomic E-state index is 11.9. The highest BCUT2D eigenvalue weighted by atomic mass is 16.1. The maximum Gasteiger partial charge on any atom is 0.152 e. The summed E-state index contributed by atoms with van der Waals surface area (Å²) < 4.78 is 0. The molecule has 0 aliphatic rings. The van der Waals surface area contributed by atoms with Gasteiger partial charge in [-0.15, -0.1) is 0 Å². The van der Waals surface area contributed by atoms with Crippen LogP contribution in [0.4, 0.5) is 0 Å². The Bertz CT molecular complexity index is 189. The van der Waals surface area contributed by atoms with E-state index in [1.807, 2.05) is 32.8 Å². The van der Waals surface area contributed by atoms with Crippen LogP contribution < -0.4 is 0 Å². The number of likely N-dealkylation sites (N-methyl/N-ethyl adjacent to an activating group) is 1. The summed E-state index contributed by atoms with van der Waals surface area (Å²) in [5.74, 6) is 0.481. The van der Waals surface area contributed by atoms with Crippen molar-refractivity contribution in [3.63, 3.8) is 0 Å². The minimum Gasteiger partial charge on any atom is -0.300 e. The monoisotopic (exact) mass is 199 g/mol. The third kappa shape index (κ3) is 4.75. The molecule has 0 aromatic rings. The van der Waals surface area contributed by atoms with Crippen molar-refractivity contribution in [1.29, 1.82) is 0 Å². The fraction of sp³-hybridized carbons (Fsp3) is 0.917. The first-order valence-electron chi connectivity index (χ1n) is 5.35. The van der Waals surface area contributed by atoms with Crippen molar-refractivity contribution in [2.24, 2.45) is 11.3 Å². The highest BCUT2D eigenvalue weighted by Crippen LogP contribution is 2.24. The number of hydrogen-bond acceptors (Lipinski definition) is 2. The Morgan fingerprint density at radius 2 is 1.64 bits per heavy atom. The van der Waals surface area contributed by atoms with E-state index in [1.54, 1.807) is 0 Å². The summed E-state index contributed by atoms with van der Waals surface area (Å²) in [6, 6.07) is 0.0648. The van der Waals surface area contributed by atoms with Crippen LogP contribution in [0.1, 0.15) is 41.0 Å². The molecule has 2 heteroatoms. The van der Waals surface area contributed by atoms with Crippen molar-refractivity contribution in [2.45, 2.75) is 47.1 Å². The molecule has 84 valence electrons. The van der Waals surface area contributed by atoms with Crippen LogP contribution in [0, 0.1) is 11.3 Å². The molecular weight excluding hydrogens is 174 g/mol. The van der Waals surface area contributed by atoms with E-state index in [2.05, 4.69) is 20.8 Å². The van der Waals surface area contributed by atoms with Crippen molar-refractivity contribution in [3.05, 3.63) is 0 Å². The molecule has 0 saturated heterocycles. The van der Waals surface area contributed by atoms with E-state index in [4.69, 9.17) is 0 Å². The highest BCUT2D eigenvalue weighted by molar-refractivity contribution is 5.85. The molecule has 0 spiro atoms. The molecule has 0 radical (unpaired) electrons. The normalized spacial score (nSPS) is 14.9. The van der Waals surface area contributed by atoms with Crippen LogP contribution in [0.15, 0.2) is 0 Å². The van der Waals surface area contributed by atoms with Crippen molar-refractivity contribution in [3.8, 4) is 0 Å². The van der Waals surface area contributed by atoms with Gasteiger partial charge in [-0.05, 0) is 25.9 Å². The molecule has 0 aromatic heterocycles. The Balaban J connectivity index is 4.54. The average molecular weight is 199 g/mol. The first-order valence-corrected chi connectivity index (χ1v) is 5.35. The zero-order valence-corrected chi connectivity index (χ0v) is 10.7. The van der Waals surface area contributed by atoms with Gasteiger partial charge in [0, 0.05) is 5.92 Å². The van der Waals surface area contributed by atoms with E-state index in [1.165, 1.54) is 0 Å². The Morgan fingerprint density at radius 3 is 1.86 bits per heavy atom. The number of Topliss-reactive ketones (excluding diaryl/α,β-unsaturated/α-hetero) is 1. The van der Waals surface area contributed by atoms with E-state index in [-0.39, 0.29) is 17.4 Å². The van der Waals surface area contributed by atoms with E-state index in [0.717, 1.165) is 6.42 Å². The number of hydrogen-bond donors (Lipinski definition) is 0. The van der Waals surface area contributed by atoms with Gasteiger partial charge in [0.05, 0.1) is 6.04 Å². The van der Waals surface area contributed by atoms with Crippen LogP contribution in [-0.2, 0) is 4.79 Å². The van der Waals surface area contributed by atoms with Gasteiger partial charge in [-0.3, -0.25) is 9.69 Å². The van der Waals surface area contributed by atoms with Crippen LogP contribution in [0.25, 0.3) is 0 Å². The standard InChI is InChI=1S/C12H25NO/c1-9(2)11(14)10(13(6)7)8-12(3,4)5/h9-10H,8H2,1-7H3. The fourth-order valence-corrected chi connectivity index (χ4v) is 1.50. The second-order valence-corrected chi connectivity index (χ2v) is 5.80. The quantitative estimate of drug-likeness (QED) is 0.693. The zero-order chi connectivity index (χ0) is 11.5. The molecule has 14 heavy (non-hydrogen) atoms. The molecule has 0 heterocycles. The van der Waals surface area contributed by atoms with Crippen LogP contribution in [0.3, 0.4) is 0 Å². The fourth-order valence-electron chi connectivity index (χ4n) is 1.50. The maximum atomic E-state index is 11.9. The largest absolute Gasteiger partial charge is 0.300 e. The zero-order valence-electron chi connectivity index (χ0n) is 10.7. The molecule has 0 rings (SSSR count). The third-order valence-corrected chi connectivity index (χ3v) is 2.33. The van der Waals surface area contributed by atoms with E-state index < -0.39 is 0 Å². The van der Waals surface area contributed by atoms with E-state index in [9.17, 15) is 4.79 Å². The summed E-state index contributed by atoms with van der Waals surface area (Å²) in [5.41, 5.74) is 0.208. The number of carbonyl (C=O) groups excluding carboxylic acids is 1. The molecule has 0 aliphatic heterocycles. The SMILES string of the molecule is CC(C)C(=O)C(CC(C)(C)C)N(C)C. The second-order valence-electron chi connectivity index (χ2n) is 5.80. The predicted molar refractivity (Wildman–Crippen MR) is 61.4 cm³/mol. The predicted octanol–water partition coefficient (Wildman–Crippen LogP) is 2.58. The summed E-state index contributed by atoms with van der Waals surface area (Å²) in [6.45, 7) is 10.5. The lowest BCUT2D eigenvalue weighted by Crippen LogP contribution is -2.40. The highest BCUT2D eigenvalue weighted by Gasteiger charge is 2.27. The molecule has 0 bridgehead atoms. The Hall–Kier alpha value is -0.370. The Labute approximate surface area is 88.7 Å². The van der Waals surface area contributed by atoms with Gasteiger partial charge >= 0.3 is 0 Å². The van der Waals surface area contributed by atoms with Crippen molar-refractivity contribution in [2.75, 3.05) is 14.1 Å². The minimum absolute atomic E-state index is 0.0648. The first-order chi connectivity index (χ1) is 6.15. The molecule has 0 saturated carbocycles. The van der Waals surface area contributed by atoms with Crippen molar-refractivity contribution >= 4 is 5.78 Å². The Kier molecular flexibility index (Phi) is 4.79. The summed E-state index contributed by atoms with van der Waals surface area (Å²) in [4.78, 5) is 14.0. The molecule has 2 nitrogen and oxygen atoms in total. The second kappa shape index (κ2) is 4.92. The smallest absolute Gasteiger partial charge is 0.152 e. The van der Waals surface area contributed by atoms with Crippen molar-refractivity contribution < 1.29 is 4.79 Å². The van der Waals surface area contributed by atoms with Crippen LogP contribution in [0.2, 0.25) is 0 Å². The average Bonchev–Trinajstić information content (AvgIpc) is 1.96. The molecule has 1 unspecified atom stereocenters. The summed E-state index contributed by atoms with van der Waals surface area (Å²) >= 11 is 0. The third-order valence-electron chi connectivity index (χ3n) is 2.33. The van der Waals surface area contributed by atoms with Gasteiger partial charge in [-0.1, -0.05) is 34.6 Å². The van der Waals surface area contributed by atoms with Gasteiger partial charge in [-0.25, -0.2) is 0 Å². The van der Waals surface area contributed by atoms with Gasteiger partial charge in [-0.2, -0.15) is 0 Å². The van der Waals surface area contributed by atoms with Gasteiger partial charge in [0.15, 0.2) is 5.78 Å². The lowest BCUT2D eigenvalue weighted by molar-refractivity contribution is -0.127. The first kappa shape index (κ1) is 13.6. The molecule has 0 amide bonds. The van der Waals surface area contributed by atoms with Gasteiger partial charge in [0.25, 0.3) is 0 Å². The van der Waals surface area contributed by atoms with Crippen LogP contribution in [0.5, 0.6) is 0 Å². The summed E-state index contributed by atoms with van der Waals surface area (Å²) in [6.07, 6.45) is 0.928. The van der Waals surface area contributed by atoms with E-state index >= 15 is 0 Å². The molecule has 0 fully saturated rings. The molecular formula is C12H25NO. The number of carbonyl (C=O) groups is 1. The lowest BCUT2D eigenvalue weighted by atomic mass is 9.84. The lowest BCUT2D eigenvalue weighted by Gasteiger charge is -2.30.